The zero-order valence-electron chi connectivity index (χ0n) is 9.05. The average molecular weight is 263 g/mol. The number of alkyl halides is 1. The quantitative estimate of drug-likeness (QED) is 0.654. The summed E-state index contributed by atoms with van der Waals surface area (Å²) in [6.45, 7) is 0. The Morgan fingerprint density at radius 1 is 0.714 bits per heavy atom. The van der Waals surface area contributed by atoms with Gasteiger partial charge in [0.1, 0.15) is 0 Å². The van der Waals surface area contributed by atoms with Crippen LogP contribution in [-0.4, -0.2) is 16.0 Å². The van der Waals surface area contributed by atoms with Crippen LogP contribution in [0.25, 0.3) is 0 Å². The molecule has 0 spiro atoms. The highest BCUT2D eigenvalue weighted by Crippen LogP contribution is 2.21. The van der Waals surface area contributed by atoms with Gasteiger partial charge in [-0.15, -0.1) is 0 Å². The van der Waals surface area contributed by atoms with Crippen LogP contribution in [0.3, 0.4) is 0 Å². The molecule has 1 fully saturated rings. The van der Waals surface area contributed by atoms with Crippen molar-refractivity contribution in [1.29, 1.82) is 0 Å². The maximum absolute atomic E-state index is 9.81. The first-order valence-corrected chi connectivity index (χ1v) is 7.04. The zero-order chi connectivity index (χ0) is 10.2. The zero-order valence-corrected chi connectivity index (χ0v) is 10.6. The van der Waals surface area contributed by atoms with Gasteiger partial charge in [0.05, 0.1) is 6.10 Å². The third-order valence-corrected chi connectivity index (χ3v) is 4.22. The minimum atomic E-state index is -0.116. The van der Waals surface area contributed by atoms with Gasteiger partial charge in [-0.2, -0.15) is 0 Å². The molecule has 1 nitrogen and oxygen atoms in total. The van der Waals surface area contributed by atoms with Crippen LogP contribution in [-0.2, 0) is 0 Å². The highest BCUT2D eigenvalue weighted by atomic mass is 79.9. The molecule has 0 saturated heterocycles. The molecular weight excluding hydrogens is 240 g/mol. The van der Waals surface area contributed by atoms with Crippen LogP contribution in [0, 0.1) is 0 Å². The average Bonchev–Trinajstić information content (AvgIpc) is 2.18. The van der Waals surface area contributed by atoms with Gasteiger partial charge in [-0.05, 0) is 12.8 Å². The van der Waals surface area contributed by atoms with E-state index in [4.69, 9.17) is 0 Å². The Labute approximate surface area is 96.4 Å². The van der Waals surface area contributed by atoms with Gasteiger partial charge in [0, 0.05) is 4.83 Å². The van der Waals surface area contributed by atoms with Crippen LogP contribution >= 0.6 is 15.9 Å². The summed E-state index contributed by atoms with van der Waals surface area (Å²) in [5.74, 6) is 0. The normalized spacial score (nSPS) is 33.0. The lowest BCUT2D eigenvalue weighted by atomic mass is 9.99. The molecular formula is C12H23BrO. The lowest BCUT2D eigenvalue weighted by Gasteiger charge is -2.17. The standard InChI is InChI=1S/C12H23BrO/c13-11-9-7-5-3-1-2-4-6-8-10-12(11)14/h11-12,14H,1-10H2. The van der Waals surface area contributed by atoms with E-state index in [1.165, 1.54) is 51.4 Å². The number of hydrogen-bond acceptors (Lipinski definition) is 1. The highest BCUT2D eigenvalue weighted by Gasteiger charge is 2.15. The van der Waals surface area contributed by atoms with Crippen molar-refractivity contribution in [3.05, 3.63) is 0 Å². The summed E-state index contributed by atoms with van der Waals surface area (Å²) in [5.41, 5.74) is 0. The number of hydrogen-bond donors (Lipinski definition) is 1. The van der Waals surface area contributed by atoms with Crippen molar-refractivity contribution in [2.45, 2.75) is 75.1 Å². The van der Waals surface area contributed by atoms with E-state index in [0.29, 0.717) is 4.83 Å². The van der Waals surface area contributed by atoms with Crippen LogP contribution in [0.4, 0.5) is 0 Å². The fourth-order valence-electron chi connectivity index (χ4n) is 2.13. The van der Waals surface area contributed by atoms with Crippen molar-refractivity contribution in [1.82, 2.24) is 0 Å². The molecule has 14 heavy (non-hydrogen) atoms. The van der Waals surface area contributed by atoms with E-state index < -0.39 is 0 Å². The molecule has 0 aromatic rings. The summed E-state index contributed by atoms with van der Waals surface area (Å²) < 4.78 is 0. The van der Waals surface area contributed by atoms with Crippen molar-refractivity contribution in [3.8, 4) is 0 Å². The minimum absolute atomic E-state index is 0.116. The van der Waals surface area contributed by atoms with Gasteiger partial charge in [0.25, 0.3) is 0 Å². The molecule has 1 N–H and O–H groups in total. The molecule has 0 amide bonds. The first kappa shape index (κ1) is 12.5. The summed E-state index contributed by atoms with van der Waals surface area (Å²) in [6, 6.07) is 0. The maximum atomic E-state index is 9.81. The molecule has 0 aromatic carbocycles. The Morgan fingerprint density at radius 2 is 1.14 bits per heavy atom. The molecule has 2 heteroatoms. The molecule has 2 atom stereocenters. The molecule has 0 aliphatic heterocycles. The molecule has 0 radical (unpaired) electrons. The first-order valence-electron chi connectivity index (χ1n) is 6.13. The van der Waals surface area contributed by atoms with Gasteiger partial charge in [-0.25, -0.2) is 0 Å². The van der Waals surface area contributed by atoms with Gasteiger partial charge >= 0.3 is 0 Å². The van der Waals surface area contributed by atoms with Gasteiger partial charge < -0.3 is 5.11 Å². The molecule has 84 valence electrons. The molecule has 1 saturated carbocycles. The third kappa shape index (κ3) is 5.35. The Morgan fingerprint density at radius 3 is 1.71 bits per heavy atom. The fraction of sp³-hybridized carbons (Fsp3) is 1.00. The summed E-state index contributed by atoms with van der Waals surface area (Å²) in [4.78, 5) is 0.335. The van der Waals surface area contributed by atoms with E-state index in [2.05, 4.69) is 15.9 Å². The van der Waals surface area contributed by atoms with Crippen molar-refractivity contribution >= 4 is 15.9 Å². The van der Waals surface area contributed by atoms with Crippen LogP contribution in [0.15, 0.2) is 0 Å². The SMILES string of the molecule is OC1CCCCCCCCCCC1Br. The van der Waals surface area contributed by atoms with E-state index in [1.807, 2.05) is 0 Å². The van der Waals surface area contributed by atoms with Crippen LogP contribution < -0.4 is 0 Å². The topological polar surface area (TPSA) is 20.2 Å². The molecule has 0 bridgehead atoms. The summed E-state index contributed by atoms with van der Waals surface area (Å²) in [6.07, 6.45) is 12.7. The number of aliphatic hydroxyl groups is 1. The summed E-state index contributed by atoms with van der Waals surface area (Å²) in [5, 5.41) is 9.81. The fourth-order valence-corrected chi connectivity index (χ4v) is 2.71. The lowest BCUT2D eigenvalue weighted by Crippen LogP contribution is -2.20. The van der Waals surface area contributed by atoms with E-state index in [9.17, 15) is 5.11 Å². The van der Waals surface area contributed by atoms with Gasteiger partial charge in [-0.1, -0.05) is 67.3 Å². The molecule has 1 aliphatic rings. The smallest absolute Gasteiger partial charge is 0.0665 e. The van der Waals surface area contributed by atoms with E-state index >= 15 is 0 Å². The number of aliphatic hydroxyl groups excluding tert-OH is 1. The molecule has 1 aliphatic carbocycles. The molecule has 0 heterocycles. The number of halogens is 1. The summed E-state index contributed by atoms with van der Waals surface area (Å²) >= 11 is 3.59. The minimum Gasteiger partial charge on any atom is -0.392 e. The van der Waals surface area contributed by atoms with Crippen molar-refractivity contribution in [3.63, 3.8) is 0 Å². The van der Waals surface area contributed by atoms with Gasteiger partial charge in [0.2, 0.25) is 0 Å². The Balaban J connectivity index is 2.23. The van der Waals surface area contributed by atoms with Crippen LogP contribution in [0.5, 0.6) is 0 Å². The Kier molecular flexibility index (Phi) is 6.88. The van der Waals surface area contributed by atoms with Crippen LogP contribution in [0.2, 0.25) is 0 Å². The van der Waals surface area contributed by atoms with Gasteiger partial charge in [0.15, 0.2) is 0 Å². The first-order chi connectivity index (χ1) is 6.80. The summed E-state index contributed by atoms with van der Waals surface area (Å²) in [7, 11) is 0. The van der Waals surface area contributed by atoms with Crippen molar-refractivity contribution < 1.29 is 5.11 Å². The lowest BCUT2D eigenvalue weighted by molar-refractivity contribution is 0.154. The van der Waals surface area contributed by atoms with Gasteiger partial charge in [-0.3, -0.25) is 0 Å². The predicted molar refractivity (Wildman–Crippen MR) is 64.9 cm³/mol. The monoisotopic (exact) mass is 262 g/mol. The van der Waals surface area contributed by atoms with Crippen molar-refractivity contribution in [2.24, 2.45) is 0 Å². The van der Waals surface area contributed by atoms with E-state index in [1.54, 1.807) is 0 Å². The van der Waals surface area contributed by atoms with E-state index in [0.717, 1.165) is 12.8 Å². The van der Waals surface area contributed by atoms with Crippen LogP contribution in [0.1, 0.15) is 64.2 Å². The molecule has 2 unspecified atom stereocenters. The second kappa shape index (κ2) is 7.70. The highest BCUT2D eigenvalue weighted by molar-refractivity contribution is 9.09. The molecule has 1 rings (SSSR count). The Bertz CT molecular complexity index is 122. The predicted octanol–water partition coefficient (Wildman–Crippen LogP) is 4.03. The second-order valence-corrected chi connectivity index (χ2v) is 5.67. The molecule has 0 aromatic heterocycles. The Hall–Kier alpha value is 0.440. The van der Waals surface area contributed by atoms with E-state index in [-0.39, 0.29) is 6.10 Å². The van der Waals surface area contributed by atoms with Crippen molar-refractivity contribution in [2.75, 3.05) is 0 Å². The largest absolute Gasteiger partial charge is 0.392 e. The maximum Gasteiger partial charge on any atom is 0.0665 e. The number of rotatable bonds is 0. The third-order valence-electron chi connectivity index (χ3n) is 3.15. The second-order valence-electron chi connectivity index (χ2n) is 4.49.